The van der Waals surface area contributed by atoms with Crippen LogP contribution in [0.2, 0.25) is 0 Å². The quantitative estimate of drug-likeness (QED) is 0.0199. The SMILES string of the molecule is CC/C=C\C/C=C\C/C=C\C/C=C\C/C=C\CCCCCCCCCCCCCCCCCCCCCC(=O)NC(COC1OC(CO)C(OC2OC(CO)C(OC3OC(CO)C(O)C(O)C3O)C(O)C2O)C(O)C1O)C(O)/C=C/CC/C=C/CCCCCCCCCCCCCCCCCCCCCCCCC. The summed E-state index contributed by atoms with van der Waals surface area (Å²) >= 11 is 0. The van der Waals surface area contributed by atoms with E-state index in [4.69, 9.17) is 28.4 Å². The Morgan fingerprint density at radius 1 is 0.339 bits per heavy atom. The molecule has 634 valence electrons. The van der Waals surface area contributed by atoms with Crippen molar-refractivity contribution in [3.8, 4) is 0 Å². The van der Waals surface area contributed by atoms with E-state index in [0.717, 1.165) is 70.6 Å². The summed E-state index contributed by atoms with van der Waals surface area (Å²) in [5, 5.41) is 121. The number of aliphatic hydroxyl groups excluding tert-OH is 11. The molecule has 0 bridgehead atoms. The number of unbranched alkanes of at least 4 members (excludes halogenated alkanes) is 43. The number of hydrogen-bond donors (Lipinski definition) is 12. The highest BCUT2D eigenvalue weighted by atomic mass is 16.8. The molecule has 12 N–H and O–H groups in total. The van der Waals surface area contributed by atoms with Crippen LogP contribution < -0.4 is 5.32 Å². The van der Waals surface area contributed by atoms with Crippen LogP contribution in [0.1, 0.15) is 348 Å². The van der Waals surface area contributed by atoms with Crippen LogP contribution in [-0.2, 0) is 33.2 Å². The van der Waals surface area contributed by atoms with Crippen molar-refractivity contribution in [2.75, 3.05) is 26.4 Å². The molecular formula is C90H161NO18. The van der Waals surface area contributed by atoms with Crippen LogP contribution >= 0.6 is 0 Å². The van der Waals surface area contributed by atoms with Gasteiger partial charge in [-0.05, 0) is 77.0 Å². The summed E-state index contributed by atoms with van der Waals surface area (Å²) < 4.78 is 34.5. The number of ether oxygens (including phenoxy) is 6. The zero-order chi connectivity index (χ0) is 78.8. The molecule has 1 amide bonds. The van der Waals surface area contributed by atoms with Gasteiger partial charge < -0.3 is 89.9 Å². The van der Waals surface area contributed by atoms with Crippen molar-refractivity contribution in [1.29, 1.82) is 0 Å². The van der Waals surface area contributed by atoms with Gasteiger partial charge in [-0.1, -0.05) is 349 Å². The van der Waals surface area contributed by atoms with Gasteiger partial charge in [-0.2, -0.15) is 0 Å². The van der Waals surface area contributed by atoms with Gasteiger partial charge in [0.05, 0.1) is 38.6 Å². The number of carbonyl (C=O) groups is 1. The van der Waals surface area contributed by atoms with Gasteiger partial charge in [0.1, 0.15) is 73.2 Å². The van der Waals surface area contributed by atoms with Gasteiger partial charge >= 0.3 is 0 Å². The van der Waals surface area contributed by atoms with Crippen LogP contribution in [0.25, 0.3) is 0 Å². The summed E-state index contributed by atoms with van der Waals surface area (Å²) in [6, 6.07) is -0.995. The van der Waals surface area contributed by atoms with Crippen LogP contribution in [0.5, 0.6) is 0 Å². The number of aliphatic hydroxyl groups is 11. The van der Waals surface area contributed by atoms with Crippen molar-refractivity contribution in [3.05, 3.63) is 85.1 Å². The molecule has 19 nitrogen and oxygen atoms in total. The third-order valence-electron chi connectivity index (χ3n) is 21.7. The number of nitrogens with one attached hydrogen (secondary N) is 1. The smallest absolute Gasteiger partial charge is 0.220 e. The number of rotatable bonds is 71. The molecule has 3 saturated heterocycles. The fourth-order valence-corrected chi connectivity index (χ4v) is 14.7. The minimum Gasteiger partial charge on any atom is -0.394 e. The topological polar surface area (TPSA) is 307 Å². The highest BCUT2D eigenvalue weighted by Crippen LogP contribution is 2.33. The number of hydrogen-bond acceptors (Lipinski definition) is 18. The lowest BCUT2D eigenvalue weighted by molar-refractivity contribution is -0.379. The molecule has 109 heavy (non-hydrogen) atoms. The summed E-state index contributed by atoms with van der Waals surface area (Å²) in [7, 11) is 0. The molecule has 0 aromatic heterocycles. The first-order valence-electron chi connectivity index (χ1n) is 44.3. The van der Waals surface area contributed by atoms with Crippen molar-refractivity contribution in [1.82, 2.24) is 5.32 Å². The van der Waals surface area contributed by atoms with E-state index in [-0.39, 0.29) is 18.9 Å². The van der Waals surface area contributed by atoms with E-state index in [2.05, 4.69) is 92.1 Å². The molecule has 17 atom stereocenters. The molecule has 17 unspecified atom stereocenters. The summed E-state index contributed by atoms with van der Waals surface area (Å²) in [6.45, 7) is 1.65. The standard InChI is InChI=1S/C90H161NO18/c1-3-5-7-9-11-13-15-17-19-21-23-25-27-29-31-33-34-35-36-37-38-40-42-44-46-48-50-52-54-56-58-60-62-64-66-68-78(96)91-73(74(95)67-65-63-61-59-57-55-53-51-49-47-45-43-41-39-32-30-28-26-24-22-20-18-16-14-12-10-8-6-4-2)72-104-88-84(102)81(99)86(76(70-93)106-88)109-90-85(103)82(100)87(77(71-94)107-90)108-89-83(101)80(98)79(97)75(69-92)105-89/h5,7,11,13,17,19,23,25,29,31,57,59,65,67,73-77,79-90,92-95,97-103H,3-4,6,8-10,12,14-16,18,20-22,24,26-28,30,32-56,58,60-64,66,68-72H2,1-2H3,(H,91,96)/b7-5-,13-11-,19-17-,25-23-,31-29-,59-57+,67-65+. The predicted octanol–water partition coefficient (Wildman–Crippen LogP) is 16.5. The van der Waals surface area contributed by atoms with E-state index in [1.807, 2.05) is 6.08 Å². The number of amides is 1. The maximum absolute atomic E-state index is 13.5. The zero-order valence-electron chi connectivity index (χ0n) is 68.3. The van der Waals surface area contributed by atoms with Crippen LogP contribution in [0.3, 0.4) is 0 Å². The van der Waals surface area contributed by atoms with Crippen LogP contribution in [0.15, 0.2) is 85.1 Å². The summed E-state index contributed by atoms with van der Waals surface area (Å²) in [4.78, 5) is 13.5. The largest absolute Gasteiger partial charge is 0.394 e. The first-order chi connectivity index (χ1) is 53.3. The van der Waals surface area contributed by atoms with E-state index in [9.17, 15) is 61.0 Å². The van der Waals surface area contributed by atoms with E-state index >= 15 is 0 Å². The molecule has 3 aliphatic rings. The Morgan fingerprint density at radius 3 is 1.03 bits per heavy atom. The van der Waals surface area contributed by atoms with Crippen molar-refractivity contribution in [2.45, 2.75) is 452 Å². The Balaban J connectivity index is 1.34. The Labute approximate surface area is 661 Å². The number of carbonyl (C=O) groups excluding carboxylic acids is 1. The van der Waals surface area contributed by atoms with Gasteiger partial charge in [-0.25, -0.2) is 0 Å². The molecule has 0 radical (unpaired) electrons. The third-order valence-corrected chi connectivity index (χ3v) is 21.7. The Bertz CT molecular complexity index is 2300. The summed E-state index contributed by atoms with van der Waals surface area (Å²) in [5.41, 5.74) is 0. The van der Waals surface area contributed by atoms with E-state index < -0.39 is 124 Å². The Hall–Kier alpha value is -3.03. The normalized spacial score (nSPS) is 25.7. The lowest BCUT2D eigenvalue weighted by Gasteiger charge is -2.48. The average Bonchev–Trinajstić information content (AvgIpc) is 0.749. The van der Waals surface area contributed by atoms with E-state index in [1.165, 1.54) is 244 Å². The van der Waals surface area contributed by atoms with Gasteiger partial charge in [0.25, 0.3) is 0 Å². The molecule has 3 heterocycles. The first kappa shape index (κ1) is 100. The van der Waals surface area contributed by atoms with Crippen LogP contribution in [0.4, 0.5) is 0 Å². The van der Waals surface area contributed by atoms with Crippen LogP contribution in [0, 0.1) is 0 Å². The fraction of sp³-hybridized carbons (Fsp3) is 0.833. The first-order valence-corrected chi connectivity index (χ1v) is 44.3. The molecule has 3 aliphatic heterocycles. The Morgan fingerprint density at radius 2 is 0.642 bits per heavy atom. The molecule has 0 aliphatic carbocycles. The average molecular weight is 1550 g/mol. The monoisotopic (exact) mass is 1540 g/mol. The maximum atomic E-state index is 13.5. The van der Waals surface area contributed by atoms with Gasteiger partial charge in [0, 0.05) is 6.42 Å². The molecular weight excluding hydrogens is 1380 g/mol. The van der Waals surface area contributed by atoms with Crippen molar-refractivity contribution < 1.29 is 89.4 Å². The summed E-state index contributed by atoms with van der Waals surface area (Å²) in [6.07, 6.45) is 67.3. The van der Waals surface area contributed by atoms with E-state index in [1.54, 1.807) is 6.08 Å². The van der Waals surface area contributed by atoms with Crippen molar-refractivity contribution in [3.63, 3.8) is 0 Å². The second kappa shape index (κ2) is 69.3. The molecule has 0 saturated carbocycles. The lowest BCUT2D eigenvalue weighted by Crippen LogP contribution is -2.66. The zero-order valence-corrected chi connectivity index (χ0v) is 68.3. The Kier molecular flexibility index (Phi) is 63.7. The predicted molar refractivity (Wildman–Crippen MR) is 438 cm³/mol. The molecule has 0 spiro atoms. The minimum absolute atomic E-state index is 0.235. The van der Waals surface area contributed by atoms with Gasteiger partial charge in [-0.3, -0.25) is 4.79 Å². The molecule has 19 heteroatoms. The van der Waals surface area contributed by atoms with Gasteiger partial charge in [0.15, 0.2) is 18.9 Å². The highest BCUT2D eigenvalue weighted by molar-refractivity contribution is 5.76. The van der Waals surface area contributed by atoms with Crippen molar-refractivity contribution in [2.24, 2.45) is 0 Å². The molecule has 0 aromatic rings. The second-order valence-corrected chi connectivity index (χ2v) is 31.3. The summed E-state index contributed by atoms with van der Waals surface area (Å²) in [5.74, 6) is -0.281. The van der Waals surface area contributed by atoms with Gasteiger partial charge in [0.2, 0.25) is 5.91 Å². The highest BCUT2D eigenvalue weighted by Gasteiger charge is 2.54. The molecule has 0 aromatic carbocycles. The second-order valence-electron chi connectivity index (χ2n) is 31.3. The third kappa shape index (κ3) is 48.2. The van der Waals surface area contributed by atoms with E-state index in [0.29, 0.717) is 12.8 Å². The maximum Gasteiger partial charge on any atom is 0.220 e. The lowest BCUT2D eigenvalue weighted by atomic mass is 9.96. The fourth-order valence-electron chi connectivity index (χ4n) is 14.7. The minimum atomic E-state index is -1.98. The van der Waals surface area contributed by atoms with Crippen LogP contribution in [-0.4, -0.2) is 193 Å². The van der Waals surface area contributed by atoms with Gasteiger partial charge in [-0.15, -0.1) is 0 Å². The van der Waals surface area contributed by atoms with Crippen molar-refractivity contribution >= 4 is 5.91 Å². The molecule has 3 fully saturated rings. The molecule has 3 rings (SSSR count). The number of allylic oxidation sites excluding steroid dienone is 13.